The zero-order chi connectivity index (χ0) is 13.9. The summed E-state index contributed by atoms with van der Waals surface area (Å²) in [5.74, 6) is 0.567. The van der Waals surface area contributed by atoms with Gasteiger partial charge in [0.2, 0.25) is 5.09 Å². The Bertz CT molecular complexity index is 662. The van der Waals surface area contributed by atoms with Crippen molar-refractivity contribution in [3.63, 3.8) is 0 Å². The molecule has 0 amide bonds. The van der Waals surface area contributed by atoms with Crippen molar-refractivity contribution >= 4 is 15.7 Å². The number of anilines is 1. The zero-order valence-electron chi connectivity index (χ0n) is 10.8. The third-order valence-corrected chi connectivity index (χ3v) is 4.06. The van der Waals surface area contributed by atoms with Gasteiger partial charge in [0.1, 0.15) is 5.76 Å². The van der Waals surface area contributed by atoms with Crippen LogP contribution in [0.3, 0.4) is 0 Å². The first-order chi connectivity index (χ1) is 9.03. The monoisotopic (exact) mass is 280 g/mol. The second kappa shape index (κ2) is 5.46. The maximum Gasteiger partial charge on any atom is 0.273 e. The molecule has 0 aliphatic heterocycles. The summed E-state index contributed by atoms with van der Waals surface area (Å²) in [6.45, 7) is 2.44. The number of nitrogens with one attached hydrogen (secondary N) is 2. The molecule has 0 spiro atoms. The summed E-state index contributed by atoms with van der Waals surface area (Å²) >= 11 is 0. The van der Waals surface area contributed by atoms with Crippen LogP contribution < -0.4 is 10.0 Å². The van der Waals surface area contributed by atoms with E-state index in [0.717, 1.165) is 11.3 Å². The van der Waals surface area contributed by atoms with Crippen LogP contribution in [0.15, 0.2) is 45.9 Å². The van der Waals surface area contributed by atoms with Gasteiger partial charge in [-0.1, -0.05) is 18.2 Å². The summed E-state index contributed by atoms with van der Waals surface area (Å²) in [6, 6.07) is 11.0. The van der Waals surface area contributed by atoms with Crippen molar-refractivity contribution in [3.05, 3.63) is 47.7 Å². The third kappa shape index (κ3) is 3.15. The Morgan fingerprint density at radius 2 is 1.89 bits per heavy atom. The van der Waals surface area contributed by atoms with E-state index in [1.165, 1.54) is 13.1 Å². The van der Waals surface area contributed by atoms with Gasteiger partial charge in [-0.05, 0) is 37.7 Å². The average Bonchev–Trinajstić information content (AvgIpc) is 2.87. The van der Waals surface area contributed by atoms with Crippen molar-refractivity contribution in [1.29, 1.82) is 0 Å². The van der Waals surface area contributed by atoms with E-state index >= 15 is 0 Å². The van der Waals surface area contributed by atoms with Gasteiger partial charge in [0.05, 0.1) is 6.54 Å². The molecule has 0 radical (unpaired) electrons. The van der Waals surface area contributed by atoms with Gasteiger partial charge in [0.25, 0.3) is 10.0 Å². The average molecular weight is 280 g/mol. The van der Waals surface area contributed by atoms with Crippen LogP contribution in [-0.4, -0.2) is 15.5 Å². The van der Waals surface area contributed by atoms with Crippen LogP contribution in [0, 0.1) is 6.92 Å². The number of aryl methyl sites for hydroxylation is 1. The van der Waals surface area contributed by atoms with Crippen molar-refractivity contribution in [3.8, 4) is 0 Å². The number of para-hydroxylation sites is 1. The second-order valence-electron chi connectivity index (χ2n) is 4.10. The molecule has 2 N–H and O–H groups in total. The lowest BCUT2D eigenvalue weighted by molar-refractivity contribution is 0.417. The van der Waals surface area contributed by atoms with Crippen LogP contribution in [0.4, 0.5) is 5.69 Å². The summed E-state index contributed by atoms with van der Waals surface area (Å²) < 4.78 is 30.5. The highest BCUT2D eigenvalue weighted by molar-refractivity contribution is 7.89. The smallest absolute Gasteiger partial charge is 0.273 e. The fraction of sp³-hybridized carbons (Fsp3) is 0.231. The Morgan fingerprint density at radius 3 is 2.58 bits per heavy atom. The molecule has 1 heterocycles. The van der Waals surface area contributed by atoms with E-state index < -0.39 is 10.0 Å². The van der Waals surface area contributed by atoms with Crippen molar-refractivity contribution in [1.82, 2.24) is 4.72 Å². The van der Waals surface area contributed by atoms with Crippen molar-refractivity contribution in [2.24, 2.45) is 0 Å². The molecule has 2 aromatic rings. The first-order valence-corrected chi connectivity index (χ1v) is 7.33. The van der Waals surface area contributed by atoms with Crippen LogP contribution in [-0.2, 0) is 16.6 Å². The number of rotatable bonds is 5. The Labute approximate surface area is 112 Å². The van der Waals surface area contributed by atoms with Gasteiger partial charge in [-0.25, -0.2) is 13.1 Å². The number of benzene rings is 1. The Hall–Kier alpha value is -1.79. The molecule has 0 aliphatic carbocycles. The summed E-state index contributed by atoms with van der Waals surface area (Å²) in [5.41, 5.74) is 2.12. The first-order valence-electron chi connectivity index (χ1n) is 5.84. The molecule has 0 unspecified atom stereocenters. The molecule has 6 heteroatoms. The first kappa shape index (κ1) is 13.6. The summed E-state index contributed by atoms with van der Waals surface area (Å²) in [4.78, 5) is 0. The summed E-state index contributed by atoms with van der Waals surface area (Å²) in [7, 11) is -2.16. The Balaban J connectivity index is 2.08. The maximum atomic E-state index is 11.5. The van der Waals surface area contributed by atoms with Crippen LogP contribution in [0.1, 0.15) is 11.3 Å². The fourth-order valence-electron chi connectivity index (χ4n) is 1.65. The lowest BCUT2D eigenvalue weighted by Gasteiger charge is -2.07. The number of hydrogen-bond donors (Lipinski definition) is 2. The molecule has 2 rings (SSSR count). The number of furan rings is 1. The zero-order valence-corrected chi connectivity index (χ0v) is 11.6. The van der Waals surface area contributed by atoms with E-state index in [1.807, 2.05) is 31.2 Å². The SMILES string of the molecule is CNS(=O)(=O)c1ccc(CNc2ccccc2C)o1. The van der Waals surface area contributed by atoms with Crippen molar-refractivity contribution in [2.75, 3.05) is 12.4 Å². The minimum Gasteiger partial charge on any atom is -0.446 e. The van der Waals surface area contributed by atoms with E-state index in [4.69, 9.17) is 4.42 Å². The lowest BCUT2D eigenvalue weighted by atomic mass is 10.2. The maximum absolute atomic E-state index is 11.5. The fourth-order valence-corrected chi connectivity index (χ4v) is 2.32. The molecule has 19 heavy (non-hydrogen) atoms. The van der Waals surface area contributed by atoms with Crippen LogP contribution >= 0.6 is 0 Å². The molecule has 0 atom stereocenters. The van der Waals surface area contributed by atoms with Gasteiger partial charge >= 0.3 is 0 Å². The highest BCUT2D eigenvalue weighted by atomic mass is 32.2. The predicted octanol–water partition coefficient (Wildman–Crippen LogP) is 2.11. The minimum atomic E-state index is -3.51. The van der Waals surface area contributed by atoms with Gasteiger partial charge in [-0.15, -0.1) is 0 Å². The Morgan fingerprint density at radius 1 is 1.16 bits per heavy atom. The van der Waals surface area contributed by atoms with Gasteiger partial charge in [0, 0.05) is 5.69 Å². The molecule has 0 aliphatic rings. The largest absolute Gasteiger partial charge is 0.446 e. The molecular formula is C13H16N2O3S. The summed E-state index contributed by atoms with van der Waals surface area (Å²) in [6.07, 6.45) is 0. The molecule has 5 nitrogen and oxygen atoms in total. The number of hydrogen-bond acceptors (Lipinski definition) is 4. The Kier molecular flexibility index (Phi) is 3.92. The molecule has 1 aromatic carbocycles. The molecule has 0 saturated carbocycles. The van der Waals surface area contributed by atoms with E-state index in [9.17, 15) is 8.42 Å². The van der Waals surface area contributed by atoms with Crippen molar-refractivity contribution < 1.29 is 12.8 Å². The predicted molar refractivity (Wildman–Crippen MR) is 73.5 cm³/mol. The van der Waals surface area contributed by atoms with Crippen LogP contribution in [0.25, 0.3) is 0 Å². The van der Waals surface area contributed by atoms with Gasteiger partial charge in [0.15, 0.2) is 0 Å². The molecule has 0 bridgehead atoms. The summed E-state index contributed by atoms with van der Waals surface area (Å²) in [5, 5.41) is 3.13. The normalized spacial score (nSPS) is 11.5. The highest BCUT2D eigenvalue weighted by Crippen LogP contribution is 2.17. The molecular weight excluding hydrogens is 264 g/mol. The van der Waals surface area contributed by atoms with Crippen LogP contribution in [0.2, 0.25) is 0 Å². The molecule has 102 valence electrons. The van der Waals surface area contributed by atoms with E-state index in [1.54, 1.807) is 6.07 Å². The molecule has 1 aromatic heterocycles. The quantitative estimate of drug-likeness (QED) is 0.880. The van der Waals surface area contributed by atoms with Gasteiger partial charge in [-0.2, -0.15) is 0 Å². The molecule has 0 fully saturated rings. The highest BCUT2D eigenvalue weighted by Gasteiger charge is 2.16. The van der Waals surface area contributed by atoms with Crippen LogP contribution in [0.5, 0.6) is 0 Å². The minimum absolute atomic E-state index is 0.0726. The topological polar surface area (TPSA) is 71.3 Å². The van der Waals surface area contributed by atoms with E-state index in [-0.39, 0.29) is 5.09 Å². The standard InChI is InChI=1S/C13H16N2O3S/c1-10-5-3-4-6-12(10)15-9-11-7-8-13(18-11)19(16,17)14-2/h3-8,14-15H,9H2,1-2H3. The van der Waals surface area contributed by atoms with Crippen molar-refractivity contribution in [2.45, 2.75) is 18.6 Å². The van der Waals surface area contributed by atoms with Gasteiger partial charge < -0.3 is 9.73 Å². The van der Waals surface area contributed by atoms with Gasteiger partial charge in [-0.3, -0.25) is 0 Å². The second-order valence-corrected chi connectivity index (χ2v) is 5.91. The third-order valence-electron chi connectivity index (χ3n) is 2.77. The molecule has 0 saturated heterocycles. The van der Waals surface area contributed by atoms with E-state index in [0.29, 0.717) is 12.3 Å². The van der Waals surface area contributed by atoms with E-state index in [2.05, 4.69) is 10.0 Å². The lowest BCUT2D eigenvalue weighted by Crippen LogP contribution is -2.17. The number of sulfonamides is 1.